The van der Waals surface area contributed by atoms with Crippen LogP contribution in [0.15, 0.2) is 26.0 Å². The van der Waals surface area contributed by atoms with Crippen molar-refractivity contribution in [1.29, 1.82) is 0 Å². The summed E-state index contributed by atoms with van der Waals surface area (Å²) >= 11 is 6.75. The molecule has 1 fully saturated rings. The number of sulfonamides is 1. The molecule has 0 heterocycles. The molecule has 2 rings (SSSR count). The van der Waals surface area contributed by atoms with Gasteiger partial charge in [0, 0.05) is 21.0 Å². The molecule has 1 aliphatic carbocycles. The second-order valence-electron chi connectivity index (χ2n) is 5.49. The third kappa shape index (κ3) is 4.28. The van der Waals surface area contributed by atoms with Crippen molar-refractivity contribution in [3.05, 3.63) is 26.6 Å². The highest BCUT2D eigenvalue weighted by atomic mass is 79.9. The Labute approximate surface area is 143 Å². The molecule has 1 aliphatic rings. The van der Waals surface area contributed by atoms with Crippen LogP contribution in [0.4, 0.5) is 0 Å². The van der Waals surface area contributed by atoms with Crippen LogP contribution >= 0.6 is 31.9 Å². The molecule has 2 N–H and O–H groups in total. The largest absolute Gasteiger partial charge is 0.317 e. The summed E-state index contributed by atoms with van der Waals surface area (Å²) in [4.78, 5) is 0.288. The van der Waals surface area contributed by atoms with Crippen molar-refractivity contribution in [2.75, 3.05) is 7.05 Å². The Bertz CT molecular complexity index is 612. The van der Waals surface area contributed by atoms with E-state index in [0.717, 1.165) is 35.7 Å². The monoisotopic (exact) mass is 438 g/mol. The van der Waals surface area contributed by atoms with E-state index in [2.05, 4.69) is 41.9 Å². The van der Waals surface area contributed by atoms with Crippen LogP contribution < -0.4 is 10.0 Å². The summed E-state index contributed by atoms with van der Waals surface area (Å²) in [6.45, 7) is 1.93. The lowest BCUT2D eigenvalue weighted by Gasteiger charge is -2.28. The summed E-state index contributed by atoms with van der Waals surface area (Å²) in [5, 5.41) is 3.25. The molecule has 0 spiro atoms. The van der Waals surface area contributed by atoms with Crippen molar-refractivity contribution < 1.29 is 8.42 Å². The molecule has 0 aromatic heterocycles. The van der Waals surface area contributed by atoms with Gasteiger partial charge in [-0.25, -0.2) is 13.1 Å². The second-order valence-corrected chi connectivity index (χ2v) is 8.88. The number of hydrogen-bond donors (Lipinski definition) is 2. The van der Waals surface area contributed by atoms with E-state index in [1.807, 2.05) is 20.0 Å². The van der Waals surface area contributed by atoms with Gasteiger partial charge in [0.15, 0.2) is 0 Å². The van der Waals surface area contributed by atoms with Crippen molar-refractivity contribution in [1.82, 2.24) is 10.0 Å². The molecule has 0 aliphatic heterocycles. The lowest BCUT2D eigenvalue weighted by Crippen LogP contribution is -2.41. The van der Waals surface area contributed by atoms with Gasteiger partial charge in [-0.1, -0.05) is 15.9 Å². The van der Waals surface area contributed by atoms with Crippen molar-refractivity contribution >= 4 is 41.9 Å². The summed E-state index contributed by atoms with van der Waals surface area (Å²) < 4.78 is 29.3. The van der Waals surface area contributed by atoms with Crippen LogP contribution in [-0.4, -0.2) is 27.5 Å². The van der Waals surface area contributed by atoms with Crippen LogP contribution in [0, 0.1) is 6.92 Å². The number of aryl methyl sites for hydroxylation is 1. The summed E-state index contributed by atoms with van der Waals surface area (Å²) in [5.41, 5.74) is 0.996. The standard InChI is InChI=1S/C14H20Br2N2O2S/c1-9-7-13(16)14(8-12(9)15)21(19,20)18-11-5-3-10(17-2)4-6-11/h7-8,10-11,17-18H,3-6H2,1-2H3. The third-order valence-electron chi connectivity index (χ3n) is 3.96. The Morgan fingerprint density at radius 3 is 2.19 bits per heavy atom. The van der Waals surface area contributed by atoms with Crippen LogP contribution in [0.5, 0.6) is 0 Å². The van der Waals surface area contributed by atoms with Crippen molar-refractivity contribution in [3.63, 3.8) is 0 Å². The minimum atomic E-state index is -3.50. The molecule has 1 aromatic rings. The Kier molecular flexibility index (Phi) is 5.87. The molecule has 7 heteroatoms. The maximum absolute atomic E-state index is 12.6. The van der Waals surface area contributed by atoms with Crippen LogP contribution in [0.25, 0.3) is 0 Å². The minimum Gasteiger partial charge on any atom is -0.317 e. The third-order valence-corrected chi connectivity index (χ3v) is 7.29. The summed E-state index contributed by atoms with van der Waals surface area (Å²) in [6, 6.07) is 4.00. The summed E-state index contributed by atoms with van der Waals surface area (Å²) in [6.07, 6.45) is 3.75. The topological polar surface area (TPSA) is 58.2 Å². The molecule has 0 radical (unpaired) electrons. The first-order valence-corrected chi connectivity index (χ1v) is 10.1. The van der Waals surface area contributed by atoms with E-state index in [1.54, 1.807) is 6.07 Å². The van der Waals surface area contributed by atoms with Crippen LogP contribution in [0.3, 0.4) is 0 Å². The highest BCUT2D eigenvalue weighted by Gasteiger charge is 2.26. The van der Waals surface area contributed by atoms with Gasteiger partial charge in [0.05, 0.1) is 4.90 Å². The molecule has 118 valence electrons. The Hall–Kier alpha value is 0.0500. The van der Waals surface area contributed by atoms with Gasteiger partial charge < -0.3 is 5.32 Å². The van der Waals surface area contributed by atoms with Gasteiger partial charge >= 0.3 is 0 Å². The molecule has 1 saturated carbocycles. The zero-order valence-corrected chi connectivity index (χ0v) is 16.1. The van der Waals surface area contributed by atoms with E-state index in [4.69, 9.17) is 0 Å². The van der Waals surface area contributed by atoms with Crippen LogP contribution in [0.2, 0.25) is 0 Å². The fraction of sp³-hybridized carbons (Fsp3) is 0.571. The Balaban J connectivity index is 2.14. The zero-order valence-electron chi connectivity index (χ0n) is 12.1. The first kappa shape index (κ1) is 17.4. The van der Waals surface area contributed by atoms with E-state index >= 15 is 0 Å². The molecular formula is C14H20Br2N2O2S. The lowest BCUT2D eigenvalue weighted by atomic mass is 9.92. The van der Waals surface area contributed by atoms with Crippen molar-refractivity contribution in [2.45, 2.75) is 49.6 Å². The number of hydrogen-bond acceptors (Lipinski definition) is 3. The fourth-order valence-electron chi connectivity index (χ4n) is 2.62. The average Bonchev–Trinajstić information content (AvgIpc) is 2.43. The Morgan fingerprint density at radius 2 is 1.62 bits per heavy atom. The SMILES string of the molecule is CNC1CCC(NS(=O)(=O)c2cc(Br)c(C)cc2Br)CC1. The van der Waals surface area contributed by atoms with E-state index in [-0.39, 0.29) is 10.9 Å². The van der Waals surface area contributed by atoms with Crippen LogP contribution in [-0.2, 0) is 10.0 Å². The van der Waals surface area contributed by atoms with Gasteiger partial charge in [0.25, 0.3) is 0 Å². The smallest absolute Gasteiger partial charge is 0.241 e. The summed E-state index contributed by atoms with van der Waals surface area (Å²) in [7, 11) is -1.55. The molecule has 0 unspecified atom stereocenters. The molecule has 21 heavy (non-hydrogen) atoms. The lowest BCUT2D eigenvalue weighted by molar-refractivity contribution is 0.342. The van der Waals surface area contributed by atoms with Crippen molar-refractivity contribution in [3.8, 4) is 0 Å². The molecule has 0 atom stereocenters. The quantitative estimate of drug-likeness (QED) is 0.756. The average molecular weight is 440 g/mol. The first-order chi connectivity index (χ1) is 9.83. The number of nitrogens with one attached hydrogen (secondary N) is 2. The first-order valence-electron chi connectivity index (χ1n) is 6.98. The fourth-order valence-corrected chi connectivity index (χ4v) is 5.60. The number of rotatable bonds is 4. The Morgan fingerprint density at radius 1 is 1.05 bits per heavy atom. The number of halogens is 2. The minimum absolute atomic E-state index is 0.0200. The van der Waals surface area contributed by atoms with Gasteiger partial charge in [-0.3, -0.25) is 0 Å². The van der Waals surface area contributed by atoms with E-state index < -0.39 is 10.0 Å². The van der Waals surface area contributed by atoms with Gasteiger partial charge in [-0.05, 0) is 73.3 Å². The summed E-state index contributed by atoms with van der Waals surface area (Å²) in [5.74, 6) is 0. The number of benzene rings is 1. The van der Waals surface area contributed by atoms with E-state index in [1.165, 1.54) is 0 Å². The molecule has 4 nitrogen and oxygen atoms in total. The van der Waals surface area contributed by atoms with Gasteiger partial charge in [0.1, 0.15) is 0 Å². The highest BCUT2D eigenvalue weighted by molar-refractivity contribution is 9.11. The normalized spacial score (nSPS) is 23.2. The van der Waals surface area contributed by atoms with Gasteiger partial charge in [-0.2, -0.15) is 0 Å². The maximum atomic E-state index is 12.6. The zero-order chi connectivity index (χ0) is 15.6. The second kappa shape index (κ2) is 7.08. The maximum Gasteiger partial charge on any atom is 0.241 e. The van der Waals surface area contributed by atoms with Gasteiger partial charge in [0.2, 0.25) is 10.0 Å². The van der Waals surface area contributed by atoms with Crippen LogP contribution in [0.1, 0.15) is 31.2 Å². The van der Waals surface area contributed by atoms with Crippen molar-refractivity contribution in [2.24, 2.45) is 0 Å². The van der Waals surface area contributed by atoms with E-state index in [9.17, 15) is 8.42 Å². The molecule has 0 amide bonds. The molecular weight excluding hydrogens is 420 g/mol. The van der Waals surface area contributed by atoms with E-state index in [0.29, 0.717) is 10.5 Å². The molecule has 1 aromatic carbocycles. The highest BCUT2D eigenvalue weighted by Crippen LogP contribution is 2.29. The predicted molar refractivity (Wildman–Crippen MR) is 92.0 cm³/mol. The van der Waals surface area contributed by atoms with Gasteiger partial charge in [-0.15, -0.1) is 0 Å². The predicted octanol–water partition coefficient (Wildman–Crippen LogP) is 3.33. The molecule has 0 bridgehead atoms. The molecule has 0 saturated heterocycles.